The standard InChI is InChI=1S/C15H13FN2O5.C9H17NO2/c16-9-3-1-2-8-12(9)15(23)18(13(8)21)10-4-5-11(20)17(6-7-19)14(10)22;1-7(2)8(9(11)12)10-5-3-4-6-10/h1-3,10,19H,4-7H2;7-8H,3-6H2,1-2H3,(H,11,12)/t;8-/m.0/s1. The Hall–Kier alpha value is -3.18. The minimum atomic E-state index is -1.16. The number of benzene rings is 1. The molecule has 2 atom stereocenters. The molecule has 0 saturated carbocycles. The summed E-state index contributed by atoms with van der Waals surface area (Å²) in [4.78, 5) is 63.4. The highest BCUT2D eigenvalue weighted by Gasteiger charge is 2.47. The number of fused-ring (bicyclic) bond motifs is 1. The molecule has 2 fully saturated rings. The van der Waals surface area contributed by atoms with E-state index in [0.717, 1.165) is 36.9 Å². The topological polar surface area (TPSA) is 136 Å². The van der Waals surface area contributed by atoms with E-state index in [0.29, 0.717) is 4.90 Å². The number of hydrogen-bond acceptors (Lipinski definition) is 7. The number of aliphatic hydroxyl groups excluding tert-OH is 1. The Balaban J connectivity index is 0.000000241. The average Bonchev–Trinajstić information content (AvgIpc) is 3.39. The van der Waals surface area contributed by atoms with Gasteiger partial charge in [-0.25, -0.2) is 4.39 Å². The van der Waals surface area contributed by atoms with E-state index in [2.05, 4.69) is 4.90 Å². The summed E-state index contributed by atoms with van der Waals surface area (Å²) in [6.45, 7) is 5.23. The van der Waals surface area contributed by atoms with Crippen LogP contribution in [0.15, 0.2) is 18.2 Å². The molecule has 35 heavy (non-hydrogen) atoms. The fourth-order valence-electron chi connectivity index (χ4n) is 4.82. The fourth-order valence-corrected chi connectivity index (χ4v) is 4.82. The first-order chi connectivity index (χ1) is 16.6. The maximum absolute atomic E-state index is 13.8. The van der Waals surface area contributed by atoms with Crippen molar-refractivity contribution in [3.8, 4) is 0 Å². The van der Waals surface area contributed by atoms with E-state index >= 15 is 0 Å². The van der Waals surface area contributed by atoms with Gasteiger partial charge in [-0.15, -0.1) is 0 Å². The van der Waals surface area contributed by atoms with Crippen molar-refractivity contribution in [3.05, 3.63) is 35.1 Å². The van der Waals surface area contributed by atoms with E-state index in [9.17, 15) is 28.4 Å². The molecule has 0 aromatic heterocycles. The van der Waals surface area contributed by atoms with Crippen LogP contribution in [0.3, 0.4) is 0 Å². The van der Waals surface area contributed by atoms with Crippen LogP contribution in [0.2, 0.25) is 0 Å². The molecule has 4 amide bonds. The summed E-state index contributed by atoms with van der Waals surface area (Å²) in [6.07, 6.45) is 2.26. The van der Waals surface area contributed by atoms with Gasteiger partial charge >= 0.3 is 5.97 Å². The molecular formula is C24H30FN3O7. The molecule has 3 aliphatic rings. The number of halogens is 1. The predicted octanol–water partition coefficient (Wildman–Crippen LogP) is 1.12. The number of amides is 4. The normalized spacial score (nSPS) is 21.3. The molecule has 2 N–H and O–H groups in total. The third kappa shape index (κ3) is 5.25. The summed E-state index contributed by atoms with van der Waals surface area (Å²) in [6, 6.07) is 2.27. The number of nitrogens with zero attached hydrogens (tertiary/aromatic N) is 3. The lowest BCUT2D eigenvalue weighted by atomic mass is 10.0. The molecule has 3 heterocycles. The molecule has 0 bridgehead atoms. The number of carboxylic acid groups (broad SMARTS) is 1. The second-order valence-corrected chi connectivity index (χ2v) is 9.07. The predicted molar refractivity (Wildman–Crippen MR) is 121 cm³/mol. The zero-order valence-electron chi connectivity index (χ0n) is 19.8. The second-order valence-electron chi connectivity index (χ2n) is 9.07. The first-order valence-electron chi connectivity index (χ1n) is 11.7. The third-order valence-corrected chi connectivity index (χ3v) is 6.43. The van der Waals surface area contributed by atoms with Crippen molar-refractivity contribution >= 4 is 29.6 Å². The number of hydrogen-bond donors (Lipinski definition) is 2. The Labute approximate surface area is 202 Å². The molecular weight excluding hydrogens is 461 g/mol. The molecule has 10 nitrogen and oxygen atoms in total. The number of carbonyl (C=O) groups is 5. The number of likely N-dealkylation sites (tertiary alicyclic amines) is 2. The third-order valence-electron chi connectivity index (χ3n) is 6.43. The Bertz CT molecular complexity index is 1020. The van der Waals surface area contributed by atoms with Gasteiger partial charge in [0.25, 0.3) is 17.7 Å². The van der Waals surface area contributed by atoms with Gasteiger partial charge in [0.1, 0.15) is 17.9 Å². The van der Waals surface area contributed by atoms with Crippen LogP contribution in [-0.4, -0.2) is 92.8 Å². The van der Waals surface area contributed by atoms with Gasteiger partial charge in [0.2, 0.25) is 5.91 Å². The van der Waals surface area contributed by atoms with Crippen molar-refractivity contribution < 1.29 is 38.6 Å². The van der Waals surface area contributed by atoms with Gasteiger partial charge in [0.05, 0.1) is 24.3 Å². The first-order valence-corrected chi connectivity index (χ1v) is 11.7. The summed E-state index contributed by atoms with van der Waals surface area (Å²) >= 11 is 0. The lowest BCUT2D eigenvalue weighted by Gasteiger charge is -2.34. The molecule has 0 radical (unpaired) electrons. The van der Waals surface area contributed by atoms with Crippen LogP contribution in [-0.2, 0) is 14.4 Å². The fraction of sp³-hybridized carbons (Fsp3) is 0.542. The minimum Gasteiger partial charge on any atom is -0.480 e. The van der Waals surface area contributed by atoms with Crippen LogP contribution < -0.4 is 0 Å². The molecule has 190 valence electrons. The van der Waals surface area contributed by atoms with Crippen molar-refractivity contribution in [1.29, 1.82) is 0 Å². The molecule has 2 saturated heterocycles. The highest BCUT2D eigenvalue weighted by Crippen LogP contribution is 2.30. The van der Waals surface area contributed by atoms with Gasteiger partial charge in [-0.1, -0.05) is 19.9 Å². The first kappa shape index (κ1) is 26.4. The zero-order valence-corrected chi connectivity index (χ0v) is 19.8. The molecule has 1 aromatic carbocycles. The highest BCUT2D eigenvalue weighted by molar-refractivity contribution is 6.23. The quantitative estimate of drug-likeness (QED) is 0.566. The number of rotatable bonds is 6. The number of piperidine rings is 1. The van der Waals surface area contributed by atoms with Gasteiger partial charge in [-0.05, 0) is 50.4 Å². The Morgan fingerprint density at radius 2 is 1.77 bits per heavy atom. The van der Waals surface area contributed by atoms with Crippen LogP contribution in [0.4, 0.5) is 4.39 Å². The second kappa shape index (κ2) is 11.0. The van der Waals surface area contributed by atoms with E-state index in [1.54, 1.807) is 0 Å². The lowest BCUT2D eigenvalue weighted by molar-refractivity contribution is -0.152. The largest absolute Gasteiger partial charge is 0.480 e. The van der Waals surface area contributed by atoms with Crippen LogP contribution >= 0.6 is 0 Å². The number of carboxylic acids is 1. The maximum atomic E-state index is 13.8. The summed E-state index contributed by atoms with van der Waals surface area (Å²) in [5.41, 5.74) is -0.440. The van der Waals surface area contributed by atoms with E-state index in [1.807, 2.05) is 13.8 Å². The van der Waals surface area contributed by atoms with Crippen molar-refractivity contribution in [1.82, 2.24) is 14.7 Å². The van der Waals surface area contributed by atoms with Gasteiger partial charge in [-0.2, -0.15) is 0 Å². The van der Waals surface area contributed by atoms with E-state index in [4.69, 9.17) is 10.2 Å². The highest BCUT2D eigenvalue weighted by atomic mass is 19.1. The number of aliphatic hydroxyl groups is 1. The number of carbonyl (C=O) groups excluding carboxylic acids is 4. The number of β-amino-alcohol motifs (C(OH)–C–C–N with tert-alkyl or cyclic N) is 1. The molecule has 11 heteroatoms. The van der Waals surface area contributed by atoms with Gasteiger partial charge in [0.15, 0.2) is 0 Å². The minimum absolute atomic E-state index is 0.00726. The summed E-state index contributed by atoms with van der Waals surface area (Å²) in [5, 5.41) is 17.9. The maximum Gasteiger partial charge on any atom is 0.321 e. The van der Waals surface area contributed by atoms with Crippen molar-refractivity contribution in [2.24, 2.45) is 5.92 Å². The van der Waals surface area contributed by atoms with Crippen molar-refractivity contribution in [2.45, 2.75) is 51.6 Å². The summed E-state index contributed by atoms with van der Waals surface area (Å²) in [5.74, 6) is -4.11. The molecule has 0 spiro atoms. The smallest absolute Gasteiger partial charge is 0.321 e. The van der Waals surface area contributed by atoms with Crippen molar-refractivity contribution in [3.63, 3.8) is 0 Å². The van der Waals surface area contributed by atoms with Crippen LogP contribution in [0.1, 0.15) is 60.2 Å². The number of aliphatic carboxylic acids is 1. The van der Waals surface area contributed by atoms with Crippen LogP contribution in [0.25, 0.3) is 0 Å². The molecule has 4 rings (SSSR count). The molecule has 1 aromatic rings. The summed E-state index contributed by atoms with van der Waals surface area (Å²) in [7, 11) is 0. The average molecular weight is 492 g/mol. The van der Waals surface area contributed by atoms with Gasteiger partial charge < -0.3 is 10.2 Å². The molecule has 3 aliphatic heterocycles. The van der Waals surface area contributed by atoms with E-state index < -0.39 is 48.1 Å². The van der Waals surface area contributed by atoms with Crippen LogP contribution in [0.5, 0.6) is 0 Å². The Kier molecular flexibility index (Phi) is 8.34. The zero-order chi connectivity index (χ0) is 25.9. The Morgan fingerprint density at radius 3 is 2.31 bits per heavy atom. The van der Waals surface area contributed by atoms with Gasteiger partial charge in [-0.3, -0.25) is 38.7 Å². The van der Waals surface area contributed by atoms with Crippen molar-refractivity contribution in [2.75, 3.05) is 26.2 Å². The lowest BCUT2D eigenvalue weighted by Crippen LogP contribution is -2.56. The number of imide groups is 2. The van der Waals surface area contributed by atoms with E-state index in [-0.39, 0.29) is 42.5 Å². The monoisotopic (exact) mass is 491 g/mol. The van der Waals surface area contributed by atoms with Gasteiger partial charge in [0, 0.05) is 6.42 Å². The summed E-state index contributed by atoms with van der Waals surface area (Å²) < 4.78 is 13.8. The molecule has 0 aliphatic carbocycles. The SMILES string of the molecule is CC(C)[C@@H](C(=O)O)N1CCCC1.O=C1CCC(N2C(=O)c3cccc(F)c3C2=O)C(=O)N1CCO. The van der Waals surface area contributed by atoms with E-state index in [1.165, 1.54) is 12.1 Å². The van der Waals surface area contributed by atoms with Crippen LogP contribution in [0, 0.1) is 11.7 Å². The molecule has 1 unspecified atom stereocenters. The Morgan fingerprint density at radius 1 is 1.11 bits per heavy atom.